The van der Waals surface area contributed by atoms with Gasteiger partial charge in [0.1, 0.15) is 0 Å². The summed E-state index contributed by atoms with van der Waals surface area (Å²) in [5.41, 5.74) is 10.7. The van der Waals surface area contributed by atoms with Crippen molar-refractivity contribution in [3.8, 4) is 27.9 Å². The van der Waals surface area contributed by atoms with Crippen LogP contribution in [0.1, 0.15) is 0 Å². The van der Waals surface area contributed by atoms with Crippen molar-refractivity contribution in [3.05, 3.63) is 188 Å². The summed E-state index contributed by atoms with van der Waals surface area (Å²) in [5, 5.41) is 10.2. The Hall–Kier alpha value is -7.10. The predicted octanol–water partition coefficient (Wildman–Crippen LogP) is 13.2. The van der Waals surface area contributed by atoms with Crippen LogP contribution in [0.15, 0.2) is 188 Å². The molecule has 0 unspecified atom stereocenters. The molecular formula is C50H31N3. The van der Waals surface area contributed by atoms with Gasteiger partial charge in [-0.3, -0.25) is 0 Å². The van der Waals surface area contributed by atoms with E-state index in [1.54, 1.807) is 0 Å². The highest BCUT2D eigenvalue weighted by molar-refractivity contribution is 6.24. The Morgan fingerprint density at radius 3 is 1.81 bits per heavy atom. The van der Waals surface area contributed by atoms with E-state index in [1.165, 1.54) is 38.1 Å². The van der Waals surface area contributed by atoms with Gasteiger partial charge in [-0.2, -0.15) is 0 Å². The SMILES string of the molecule is c1ccc(-c2cccc(-c3ccc4c(c3)nc3nc4c4cccc5c4c4cc(ccc4n5-c4ccccc4)c4ccccc4c4cccc3c4)c2)cc1. The largest absolute Gasteiger partial charge is 0.309 e. The molecule has 0 saturated carbocycles. The lowest BCUT2D eigenvalue weighted by atomic mass is 9.98. The topological polar surface area (TPSA) is 30.7 Å². The van der Waals surface area contributed by atoms with Crippen molar-refractivity contribution in [1.82, 2.24) is 14.5 Å². The van der Waals surface area contributed by atoms with Crippen LogP contribution in [-0.2, 0) is 0 Å². The van der Waals surface area contributed by atoms with E-state index in [9.17, 15) is 0 Å². The summed E-state index contributed by atoms with van der Waals surface area (Å²) < 4.78 is 2.39. The van der Waals surface area contributed by atoms with Crippen molar-refractivity contribution >= 4 is 76.2 Å². The fourth-order valence-corrected chi connectivity index (χ4v) is 8.26. The van der Waals surface area contributed by atoms with Gasteiger partial charge in [-0.05, 0) is 98.4 Å². The van der Waals surface area contributed by atoms with Crippen LogP contribution >= 0.6 is 0 Å². The molecule has 11 rings (SSSR count). The lowest BCUT2D eigenvalue weighted by Crippen LogP contribution is -1.93. The van der Waals surface area contributed by atoms with Crippen molar-refractivity contribution in [1.29, 1.82) is 0 Å². The fourth-order valence-electron chi connectivity index (χ4n) is 8.26. The van der Waals surface area contributed by atoms with Crippen molar-refractivity contribution in [2.75, 3.05) is 0 Å². The van der Waals surface area contributed by atoms with Crippen LogP contribution in [0, 0.1) is 0 Å². The standard InChI is InChI=1S/C50H31N3/c1-3-12-32(13-4-1)33-14-9-15-34(28-33)35-24-26-42-45(31-35)51-50-38-17-10-16-36(29-38)40-20-7-8-21-41(40)37-25-27-46-44(30-37)48-43(49(42)52-50)22-11-23-47(48)53(46)39-18-5-2-6-19-39/h1-31H. The average Bonchev–Trinajstić information content (AvgIpc) is 3.57. The van der Waals surface area contributed by atoms with Gasteiger partial charge in [-0.25, -0.2) is 9.97 Å². The Morgan fingerprint density at radius 1 is 0.340 bits per heavy atom. The zero-order valence-corrected chi connectivity index (χ0v) is 28.7. The molecule has 0 fully saturated rings. The van der Waals surface area contributed by atoms with E-state index in [0.29, 0.717) is 5.65 Å². The first-order valence-electron chi connectivity index (χ1n) is 18.1. The molecule has 0 aliphatic rings. The molecule has 11 aromatic rings. The Morgan fingerprint density at radius 2 is 0.981 bits per heavy atom. The van der Waals surface area contributed by atoms with Crippen molar-refractivity contribution < 1.29 is 0 Å². The number of rotatable bonds is 3. The van der Waals surface area contributed by atoms with Gasteiger partial charge < -0.3 is 4.57 Å². The van der Waals surface area contributed by atoms with Gasteiger partial charge in [0.2, 0.25) is 0 Å². The minimum atomic E-state index is 0.712. The van der Waals surface area contributed by atoms with Crippen molar-refractivity contribution in [3.63, 3.8) is 0 Å². The second-order valence-corrected chi connectivity index (χ2v) is 13.8. The highest BCUT2D eigenvalue weighted by Crippen LogP contribution is 2.39. The van der Waals surface area contributed by atoms with Gasteiger partial charge in [0, 0.05) is 32.6 Å². The normalized spacial score (nSPS) is 11.8. The summed E-state index contributed by atoms with van der Waals surface area (Å²) in [4.78, 5) is 10.8. The van der Waals surface area contributed by atoms with E-state index in [2.05, 4.69) is 193 Å². The Labute approximate surface area is 305 Å². The quantitative estimate of drug-likeness (QED) is 0.187. The summed E-state index contributed by atoms with van der Waals surface area (Å²) in [5.74, 6) is 0. The number of aromatic nitrogens is 3. The maximum absolute atomic E-state index is 5.46. The van der Waals surface area contributed by atoms with E-state index in [-0.39, 0.29) is 0 Å². The molecule has 0 N–H and O–H groups in total. The minimum absolute atomic E-state index is 0.712. The maximum Gasteiger partial charge on any atom is 0.160 e. The molecule has 0 spiro atoms. The van der Waals surface area contributed by atoms with Crippen molar-refractivity contribution in [2.45, 2.75) is 0 Å². The molecule has 246 valence electrons. The summed E-state index contributed by atoms with van der Waals surface area (Å²) in [6.45, 7) is 0. The summed E-state index contributed by atoms with van der Waals surface area (Å²) >= 11 is 0. The van der Waals surface area contributed by atoms with E-state index in [4.69, 9.17) is 9.97 Å². The molecule has 0 amide bonds. The molecule has 0 saturated heterocycles. The number of hydrogen-bond donors (Lipinski definition) is 0. The average molecular weight is 674 g/mol. The molecule has 0 atom stereocenters. The molecular weight excluding hydrogens is 643 g/mol. The van der Waals surface area contributed by atoms with Crippen LogP contribution in [0.5, 0.6) is 0 Å². The number of hydrogen-bond acceptors (Lipinski definition) is 2. The molecule has 3 aromatic heterocycles. The summed E-state index contributed by atoms with van der Waals surface area (Å²) in [6, 6.07) is 67.6. The predicted molar refractivity (Wildman–Crippen MR) is 224 cm³/mol. The smallest absolute Gasteiger partial charge is 0.160 e. The zero-order valence-electron chi connectivity index (χ0n) is 28.7. The number of para-hydroxylation sites is 1. The van der Waals surface area contributed by atoms with Crippen LogP contribution in [0.25, 0.3) is 104 Å². The zero-order chi connectivity index (χ0) is 34.9. The van der Waals surface area contributed by atoms with Crippen LogP contribution in [0.2, 0.25) is 0 Å². The molecule has 3 nitrogen and oxygen atoms in total. The van der Waals surface area contributed by atoms with Crippen LogP contribution in [0.4, 0.5) is 0 Å². The third-order valence-corrected chi connectivity index (χ3v) is 10.7. The van der Waals surface area contributed by atoms with Crippen molar-refractivity contribution in [2.24, 2.45) is 0 Å². The Kier molecular flexibility index (Phi) is 6.55. The first-order chi connectivity index (χ1) is 26.3. The maximum atomic E-state index is 5.46. The molecule has 53 heavy (non-hydrogen) atoms. The number of fused-ring (bicyclic) bond motifs is 12. The molecule has 0 aliphatic heterocycles. The first-order valence-corrected chi connectivity index (χ1v) is 18.1. The van der Waals surface area contributed by atoms with E-state index >= 15 is 0 Å². The van der Waals surface area contributed by atoms with Gasteiger partial charge in [-0.15, -0.1) is 0 Å². The molecule has 8 aromatic carbocycles. The third-order valence-electron chi connectivity index (χ3n) is 10.7. The van der Waals surface area contributed by atoms with E-state index in [1.807, 2.05) is 0 Å². The van der Waals surface area contributed by atoms with Crippen LogP contribution < -0.4 is 0 Å². The lowest BCUT2D eigenvalue weighted by molar-refractivity contribution is 1.18. The number of nitrogens with zero attached hydrogens (tertiary/aromatic N) is 3. The second kappa shape index (κ2) is 11.7. The van der Waals surface area contributed by atoms with E-state index in [0.717, 1.165) is 60.4 Å². The first kappa shape index (κ1) is 29.6. The molecule has 6 bridgehead atoms. The fraction of sp³-hybridized carbons (Fsp3) is 0. The van der Waals surface area contributed by atoms with Gasteiger partial charge in [0.15, 0.2) is 5.65 Å². The van der Waals surface area contributed by atoms with Gasteiger partial charge >= 0.3 is 0 Å². The monoisotopic (exact) mass is 673 g/mol. The molecule has 0 radical (unpaired) electrons. The number of benzene rings is 8. The highest BCUT2D eigenvalue weighted by atomic mass is 15.0. The van der Waals surface area contributed by atoms with E-state index < -0.39 is 0 Å². The summed E-state index contributed by atoms with van der Waals surface area (Å²) in [7, 11) is 0. The Bertz CT molecular complexity index is 3270. The van der Waals surface area contributed by atoms with Gasteiger partial charge in [0.25, 0.3) is 0 Å². The minimum Gasteiger partial charge on any atom is -0.309 e. The molecule has 0 aliphatic carbocycles. The van der Waals surface area contributed by atoms with Gasteiger partial charge in [-0.1, -0.05) is 133 Å². The van der Waals surface area contributed by atoms with Gasteiger partial charge in [0.05, 0.1) is 22.1 Å². The highest BCUT2D eigenvalue weighted by Gasteiger charge is 2.17. The van der Waals surface area contributed by atoms with Crippen LogP contribution in [0.3, 0.4) is 0 Å². The molecule has 3 heteroatoms. The molecule has 3 heterocycles. The Balaban J connectivity index is 1.32. The second-order valence-electron chi connectivity index (χ2n) is 13.8. The van der Waals surface area contributed by atoms with Crippen LogP contribution in [-0.4, -0.2) is 14.5 Å². The lowest BCUT2D eigenvalue weighted by Gasteiger charge is -2.09. The third kappa shape index (κ3) is 4.75. The summed E-state index contributed by atoms with van der Waals surface area (Å²) in [6.07, 6.45) is 0.